The molecule has 1 amide bonds. The van der Waals surface area contributed by atoms with E-state index in [1.165, 1.54) is 18.3 Å². The van der Waals surface area contributed by atoms with Crippen LogP contribution in [0.4, 0.5) is 11.6 Å². The number of anilines is 2. The van der Waals surface area contributed by atoms with E-state index in [2.05, 4.69) is 40.1 Å². The molecule has 39 heavy (non-hydrogen) atoms. The summed E-state index contributed by atoms with van der Waals surface area (Å²) in [4.78, 5) is 77.6. The van der Waals surface area contributed by atoms with E-state index in [9.17, 15) is 29.3 Å². The molecule has 2 aromatic heterocycles. The number of nitrogen functional groups attached to an aromatic ring is 1. The fraction of sp³-hybridized carbons (Fsp3) is 0.318. The molecular weight excluding hydrogens is 520 g/mol. The second kappa shape index (κ2) is 12.7. The van der Waals surface area contributed by atoms with Crippen molar-refractivity contribution < 1.29 is 33.8 Å². The largest absolute Gasteiger partial charge is 0.467 e. The number of esters is 2. The smallest absolute Gasteiger partial charge is 0.328 e. The molecule has 1 aromatic carbocycles. The number of H-pyrrole nitrogens is 1. The summed E-state index contributed by atoms with van der Waals surface area (Å²) in [5.74, 6) is -2.34. The lowest BCUT2D eigenvalue weighted by Gasteiger charge is -2.17. The number of carbonyl (C=O) groups excluding carboxylic acids is 3. The SMILES string of the molecule is COC(=O)[C@H](CCC(=O)OC(C)O[N+](=O)[O-])NC(=O)c1ccc(NCc2cnc3nc(N)[nH]c(=O)c3n2)cc1. The molecule has 0 saturated carbocycles. The van der Waals surface area contributed by atoms with Gasteiger partial charge in [0.2, 0.25) is 12.2 Å². The number of aromatic amines is 1. The standard InChI is InChI=1S/C22H24N8O9/c1-11(39-30(35)36)38-16(31)8-7-15(21(34)37-2)27-19(32)12-3-5-13(6-4-12)24-9-14-10-25-18-17(26-14)20(33)29-22(23)28-18/h3-6,10-11,15,24H,7-9H2,1-2H3,(H,27,32)(H3,23,25,28,29,33)/t11?,15-/m0/s1. The Morgan fingerprint density at radius 1 is 1.21 bits per heavy atom. The minimum atomic E-state index is -1.43. The van der Waals surface area contributed by atoms with Gasteiger partial charge in [-0.25, -0.2) is 14.8 Å². The Bertz CT molecular complexity index is 1430. The number of benzene rings is 1. The molecule has 3 aromatic rings. The Kier molecular flexibility index (Phi) is 9.23. The van der Waals surface area contributed by atoms with E-state index in [1.807, 2.05) is 0 Å². The first-order valence-electron chi connectivity index (χ1n) is 11.3. The molecule has 1 unspecified atom stereocenters. The summed E-state index contributed by atoms with van der Waals surface area (Å²) in [6, 6.07) is 5.04. The highest BCUT2D eigenvalue weighted by atomic mass is 17.0. The van der Waals surface area contributed by atoms with Crippen molar-refractivity contribution in [3.05, 3.63) is 62.2 Å². The molecule has 0 bridgehead atoms. The molecule has 0 saturated heterocycles. The van der Waals surface area contributed by atoms with E-state index in [0.29, 0.717) is 11.4 Å². The maximum absolute atomic E-state index is 12.7. The van der Waals surface area contributed by atoms with Gasteiger partial charge in [0.05, 0.1) is 25.5 Å². The molecule has 0 aliphatic carbocycles. The average Bonchev–Trinajstić information content (AvgIpc) is 2.89. The molecule has 17 heteroatoms. The van der Waals surface area contributed by atoms with E-state index in [0.717, 1.165) is 14.0 Å². The molecule has 0 radical (unpaired) electrons. The van der Waals surface area contributed by atoms with Crippen molar-refractivity contribution in [1.29, 1.82) is 0 Å². The van der Waals surface area contributed by atoms with Gasteiger partial charge in [0.15, 0.2) is 11.2 Å². The van der Waals surface area contributed by atoms with Gasteiger partial charge in [0.25, 0.3) is 16.6 Å². The number of aromatic nitrogens is 4. The number of methoxy groups -OCH3 is 1. The highest BCUT2D eigenvalue weighted by Gasteiger charge is 2.24. The van der Waals surface area contributed by atoms with E-state index >= 15 is 0 Å². The van der Waals surface area contributed by atoms with E-state index in [1.54, 1.807) is 12.1 Å². The maximum Gasteiger partial charge on any atom is 0.328 e. The van der Waals surface area contributed by atoms with E-state index in [4.69, 9.17) is 10.5 Å². The molecule has 0 aliphatic heterocycles. The molecule has 2 atom stereocenters. The number of carbonyl (C=O) groups is 3. The summed E-state index contributed by atoms with van der Waals surface area (Å²) in [5.41, 5.74) is 6.44. The molecule has 3 rings (SSSR count). The molecule has 5 N–H and O–H groups in total. The molecule has 0 fully saturated rings. The average molecular weight is 544 g/mol. The van der Waals surface area contributed by atoms with E-state index < -0.39 is 40.8 Å². The first-order valence-corrected chi connectivity index (χ1v) is 11.3. The van der Waals surface area contributed by atoms with Gasteiger partial charge in [-0.1, -0.05) is 0 Å². The van der Waals surface area contributed by atoms with Crippen LogP contribution in [0, 0.1) is 10.1 Å². The van der Waals surface area contributed by atoms with Crippen LogP contribution in [-0.2, 0) is 30.4 Å². The lowest BCUT2D eigenvalue weighted by Crippen LogP contribution is -2.42. The van der Waals surface area contributed by atoms with Crippen molar-refractivity contribution in [2.24, 2.45) is 0 Å². The van der Waals surface area contributed by atoms with Gasteiger partial charge in [0, 0.05) is 17.7 Å². The summed E-state index contributed by atoms with van der Waals surface area (Å²) < 4.78 is 9.38. The number of amides is 1. The second-order valence-electron chi connectivity index (χ2n) is 7.89. The zero-order valence-electron chi connectivity index (χ0n) is 20.7. The fourth-order valence-electron chi connectivity index (χ4n) is 3.27. The van der Waals surface area contributed by atoms with Crippen LogP contribution < -0.4 is 21.9 Å². The van der Waals surface area contributed by atoms with Gasteiger partial charge in [-0.15, -0.1) is 10.1 Å². The van der Waals surface area contributed by atoms with Crippen LogP contribution in [0.2, 0.25) is 0 Å². The number of nitrogens with one attached hydrogen (secondary N) is 3. The van der Waals surface area contributed by atoms with E-state index in [-0.39, 0.29) is 42.1 Å². The van der Waals surface area contributed by atoms with Crippen molar-refractivity contribution >= 4 is 40.6 Å². The predicted molar refractivity (Wildman–Crippen MR) is 132 cm³/mol. The lowest BCUT2D eigenvalue weighted by molar-refractivity contribution is -0.777. The Morgan fingerprint density at radius 2 is 1.92 bits per heavy atom. The lowest BCUT2D eigenvalue weighted by atomic mass is 10.1. The maximum atomic E-state index is 12.7. The van der Waals surface area contributed by atoms with Crippen LogP contribution in [0.5, 0.6) is 0 Å². The van der Waals surface area contributed by atoms with Crippen LogP contribution >= 0.6 is 0 Å². The topological polar surface area (TPSA) is 244 Å². The Morgan fingerprint density at radius 3 is 2.59 bits per heavy atom. The Balaban J connectivity index is 1.56. The predicted octanol–water partition coefficient (Wildman–Crippen LogP) is 0.0565. The van der Waals surface area contributed by atoms with Crippen LogP contribution in [0.15, 0.2) is 35.3 Å². The summed E-state index contributed by atoms with van der Waals surface area (Å²) in [5, 5.41) is 14.7. The van der Waals surface area contributed by atoms with Gasteiger partial charge in [-0.2, -0.15) is 4.98 Å². The zero-order chi connectivity index (χ0) is 28.5. The number of nitrogens with two attached hydrogens (primary N) is 1. The van der Waals surface area contributed by atoms with Crippen LogP contribution in [0.3, 0.4) is 0 Å². The minimum Gasteiger partial charge on any atom is -0.467 e. The number of hydrogen-bond donors (Lipinski definition) is 4. The molecular formula is C22H24N8O9. The summed E-state index contributed by atoms with van der Waals surface area (Å²) in [6.07, 6.45) is -0.513. The third-order valence-electron chi connectivity index (χ3n) is 5.07. The molecule has 0 aliphatic rings. The van der Waals surface area contributed by atoms with Crippen LogP contribution in [0.1, 0.15) is 35.8 Å². The van der Waals surface area contributed by atoms with Crippen LogP contribution in [0.25, 0.3) is 11.2 Å². The Hall–Kier alpha value is -5.35. The normalized spacial score (nSPS) is 12.2. The van der Waals surface area contributed by atoms with Gasteiger partial charge in [-0.05, 0) is 37.6 Å². The van der Waals surface area contributed by atoms with Crippen molar-refractivity contribution in [2.45, 2.75) is 38.6 Å². The van der Waals surface area contributed by atoms with Crippen molar-refractivity contribution in [2.75, 3.05) is 18.2 Å². The fourth-order valence-corrected chi connectivity index (χ4v) is 3.27. The molecule has 2 heterocycles. The molecule has 206 valence electrons. The number of fused-ring (bicyclic) bond motifs is 1. The first-order chi connectivity index (χ1) is 18.5. The summed E-state index contributed by atoms with van der Waals surface area (Å²) in [6.45, 7) is 1.37. The first kappa shape index (κ1) is 28.2. The third kappa shape index (κ3) is 8.07. The number of ether oxygens (including phenoxy) is 2. The quantitative estimate of drug-likeness (QED) is 0.102. The van der Waals surface area contributed by atoms with Crippen LogP contribution in [-0.4, -0.2) is 62.3 Å². The second-order valence-corrected chi connectivity index (χ2v) is 7.89. The summed E-state index contributed by atoms with van der Waals surface area (Å²) in [7, 11) is 1.12. The van der Waals surface area contributed by atoms with Crippen molar-refractivity contribution in [3.63, 3.8) is 0 Å². The van der Waals surface area contributed by atoms with Crippen molar-refractivity contribution in [3.8, 4) is 0 Å². The highest BCUT2D eigenvalue weighted by Crippen LogP contribution is 2.13. The van der Waals surface area contributed by atoms with Gasteiger partial charge < -0.3 is 25.8 Å². The van der Waals surface area contributed by atoms with Crippen molar-refractivity contribution in [1.82, 2.24) is 25.3 Å². The minimum absolute atomic E-state index is 0.0448. The highest BCUT2D eigenvalue weighted by molar-refractivity contribution is 5.97. The molecule has 0 spiro atoms. The molecule has 17 nitrogen and oxygen atoms in total. The summed E-state index contributed by atoms with van der Waals surface area (Å²) >= 11 is 0. The Labute approximate surface area is 219 Å². The number of hydrogen-bond acceptors (Lipinski definition) is 14. The van der Waals surface area contributed by atoms with Gasteiger partial charge >= 0.3 is 11.9 Å². The van der Waals surface area contributed by atoms with Gasteiger partial charge in [0.1, 0.15) is 6.04 Å². The monoisotopic (exact) mass is 544 g/mol. The number of nitrogens with zero attached hydrogens (tertiary/aromatic N) is 4. The number of rotatable bonds is 12. The third-order valence-corrected chi connectivity index (χ3v) is 5.07. The zero-order valence-corrected chi connectivity index (χ0v) is 20.7. The van der Waals surface area contributed by atoms with Gasteiger partial charge in [-0.3, -0.25) is 24.2 Å².